The smallest absolute Gasteiger partial charge is 0.251 e. The van der Waals surface area contributed by atoms with Crippen LogP contribution >= 0.6 is 11.6 Å². The highest BCUT2D eigenvalue weighted by atomic mass is 35.5. The number of rotatable bonds is 9. The number of para-hydroxylation sites is 2. The SMILES string of the molecule is O=C(NCCCCCc1nc2ccccc2n1Cc1c(F)cccc1Cl)c1ccccc1. The third-order valence-electron chi connectivity index (χ3n) is 5.51. The van der Waals surface area contributed by atoms with Crippen molar-refractivity contribution in [3.8, 4) is 0 Å². The Hall–Kier alpha value is -3.18. The molecule has 32 heavy (non-hydrogen) atoms. The maximum atomic E-state index is 14.4. The molecule has 0 atom stereocenters. The molecular formula is C26H25ClFN3O. The number of imidazole rings is 1. The number of carbonyl (C=O) groups excluding carboxylic acids is 1. The minimum Gasteiger partial charge on any atom is -0.352 e. The van der Waals surface area contributed by atoms with Crippen LogP contribution < -0.4 is 5.32 Å². The van der Waals surface area contributed by atoms with Gasteiger partial charge in [0.2, 0.25) is 0 Å². The standard InChI is InChI=1S/C26H25ClFN3O/c27-21-12-9-13-22(28)20(21)18-31-24-15-7-6-14-23(24)30-25(31)16-5-2-8-17-29-26(32)19-10-3-1-4-11-19/h1,3-4,6-7,9-15H,2,5,8,16-18H2,(H,29,32). The molecule has 0 bridgehead atoms. The van der Waals surface area contributed by atoms with Crippen LogP contribution in [0.4, 0.5) is 4.39 Å². The van der Waals surface area contributed by atoms with Gasteiger partial charge in [-0.2, -0.15) is 0 Å². The Balaban J connectivity index is 1.37. The minimum absolute atomic E-state index is 0.0471. The Bertz CT molecular complexity index is 1190. The van der Waals surface area contributed by atoms with Crippen LogP contribution in [0.3, 0.4) is 0 Å². The number of nitrogens with zero attached hydrogens (tertiary/aromatic N) is 2. The van der Waals surface area contributed by atoms with Gasteiger partial charge in [0.15, 0.2) is 0 Å². The van der Waals surface area contributed by atoms with Crippen molar-refractivity contribution in [1.29, 1.82) is 0 Å². The first-order valence-electron chi connectivity index (χ1n) is 10.8. The quantitative estimate of drug-likeness (QED) is 0.317. The molecule has 0 unspecified atom stereocenters. The van der Waals surface area contributed by atoms with Crippen LogP contribution in [-0.4, -0.2) is 22.0 Å². The fourth-order valence-corrected chi connectivity index (χ4v) is 4.04. The summed E-state index contributed by atoms with van der Waals surface area (Å²) in [4.78, 5) is 16.9. The lowest BCUT2D eigenvalue weighted by Crippen LogP contribution is -2.24. The molecule has 1 heterocycles. The van der Waals surface area contributed by atoms with E-state index in [0.717, 1.165) is 42.5 Å². The average molecular weight is 450 g/mol. The van der Waals surface area contributed by atoms with E-state index in [2.05, 4.69) is 9.88 Å². The summed E-state index contributed by atoms with van der Waals surface area (Å²) in [6, 6.07) is 21.9. The van der Waals surface area contributed by atoms with E-state index in [0.29, 0.717) is 29.2 Å². The van der Waals surface area contributed by atoms with Crippen molar-refractivity contribution >= 4 is 28.5 Å². The number of aromatic nitrogens is 2. The van der Waals surface area contributed by atoms with Gasteiger partial charge in [-0.15, -0.1) is 0 Å². The highest BCUT2D eigenvalue weighted by Gasteiger charge is 2.14. The summed E-state index contributed by atoms with van der Waals surface area (Å²) in [5.41, 5.74) is 3.01. The number of carbonyl (C=O) groups is 1. The van der Waals surface area contributed by atoms with Crippen molar-refractivity contribution in [2.45, 2.75) is 32.2 Å². The van der Waals surface area contributed by atoms with E-state index in [1.807, 2.05) is 54.6 Å². The molecular weight excluding hydrogens is 425 g/mol. The van der Waals surface area contributed by atoms with E-state index in [-0.39, 0.29) is 11.7 Å². The van der Waals surface area contributed by atoms with Crippen LogP contribution in [0.2, 0.25) is 5.02 Å². The lowest BCUT2D eigenvalue weighted by atomic mass is 10.1. The topological polar surface area (TPSA) is 46.9 Å². The molecule has 4 nitrogen and oxygen atoms in total. The number of hydrogen-bond acceptors (Lipinski definition) is 2. The zero-order valence-corrected chi connectivity index (χ0v) is 18.5. The summed E-state index contributed by atoms with van der Waals surface area (Å²) in [5.74, 6) is 0.559. The Labute approximate surface area is 192 Å². The van der Waals surface area contributed by atoms with E-state index in [1.165, 1.54) is 6.07 Å². The second-order valence-corrected chi connectivity index (χ2v) is 8.14. The Morgan fingerprint density at radius 2 is 1.72 bits per heavy atom. The maximum absolute atomic E-state index is 14.4. The number of aryl methyl sites for hydroxylation is 1. The van der Waals surface area contributed by atoms with Crippen LogP contribution in [0.1, 0.15) is 41.0 Å². The summed E-state index contributed by atoms with van der Waals surface area (Å²) < 4.78 is 16.5. The van der Waals surface area contributed by atoms with Crippen LogP contribution in [-0.2, 0) is 13.0 Å². The first-order chi connectivity index (χ1) is 15.6. The van der Waals surface area contributed by atoms with E-state index < -0.39 is 0 Å². The highest BCUT2D eigenvalue weighted by molar-refractivity contribution is 6.31. The monoisotopic (exact) mass is 449 g/mol. The fraction of sp³-hybridized carbons (Fsp3) is 0.231. The molecule has 0 saturated carbocycles. The van der Waals surface area contributed by atoms with Gasteiger partial charge in [0.05, 0.1) is 17.6 Å². The molecule has 0 fully saturated rings. The summed E-state index contributed by atoms with van der Waals surface area (Å²) in [6.45, 7) is 0.976. The number of hydrogen-bond donors (Lipinski definition) is 1. The predicted octanol–water partition coefficient (Wildman–Crippen LogP) is 6.02. The molecule has 4 rings (SSSR count). The first kappa shape index (κ1) is 22.0. The van der Waals surface area contributed by atoms with Crippen LogP contribution in [0, 0.1) is 5.82 Å². The number of unbranched alkanes of at least 4 members (excludes halogenated alkanes) is 2. The van der Waals surface area contributed by atoms with Gasteiger partial charge in [0, 0.05) is 29.1 Å². The van der Waals surface area contributed by atoms with Crippen molar-refractivity contribution < 1.29 is 9.18 Å². The molecule has 6 heteroatoms. The minimum atomic E-state index is -0.310. The van der Waals surface area contributed by atoms with E-state index in [4.69, 9.17) is 16.6 Å². The second-order valence-electron chi connectivity index (χ2n) is 7.74. The molecule has 164 valence electrons. The summed E-state index contributed by atoms with van der Waals surface area (Å²) in [5, 5.41) is 3.38. The number of benzene rings is 3. The van der Waals surface area contributed by atoms with Gasteiger partial charge in [-0.1, -0.05) is 54.4 Å². The molecule has 0 aliphatic rings. The maximum Gasteiger partial charge on any atom is 0.251 e. The first-order valence-corrected chi connectivity index (χ1v) is 11.2. The van der Waals surface area contributed by atoms with Gasteiger partial charge in [-0.3, -0.25) is 4.79 Å². The lowest BCUT2D eigenvalue weighted by molar-refractivity contribution is 0.0953. The molecule has 0 aliphatic heterocycles. The highest BCUT2D eigenvalue weighted by Crippen LogP contribution is 2.24. The van der Waals surface area contributed by atoms with Crippen molar-refractivity contribution in [2.75, 3.05) is 6.54 Å². The van der Waals surface area contributed by atoms with Gasteiger partial charge in [-0.25, -0.2) is 9.37 Å². The van der Waals surface area contributed by atoms with Gasteiger partial charge in [-0.05, 0) is 49.2 Å². The van der Waals surface area contributed by atoms with Gasteiger partial charge in [0.25, 0.3) is 5.91 Å². The van der Waals surface area contributed by atoms with Crippen LogP contribution in [0.5, 0.6) is 0 Å². The predicted molar refractivity (Wildman–Crippen MR) is 127 cm³/mol. The van der Waals surface area contributed by atoms with Gasteiger partial charge < -0.3 is 9.88 Å². The summed E-state index contributed by atoms with van der Waals surface area (Å²) >= 11 is 6.27. The van der Waals surface area contributed by atoms with E-state index in [1.54, 1.807) is 12.1 Å². The fourth-order valence-electron chi connectivity index (χ4n) is 3.81. The van der Waals surface area contributed by atoms with Crippen molar-refractivity contribution in [1.82, 2.24) is 14.9 Å². The zero-order chi connectivity index (χ0) is 22.3. The molecule has 0 radical (unpaired) electrons. The largest absolute Gasteiger partial charge is 0.352 e. The number of amides is 1. The van der Waals surface area contributed by atoms with Gasteiger partial charge >= 0.3 is 0 Å². The van der Waals surface area contributed by atoms with Crippen LogP contribution in [0.15, 0.2) is 72.8 Å². The molecule has 1 aromatic heterocycles. The van der Waals surface area contributed by atoms with Crippen LogP contribution in [0.25, 0.3) is 11.0 Å². The zero-order valence-electron chi connectivity index (χ0n) is 17.7. The molecule has 0 spiro atoms. The molecule has 0 saturated heterocycles. The molecule has 3 aromatic carbocycles. The van der Waals surface area contributed by atoms with Gasteiger partial charge in [0.1, 0.15) is 11.6 Å². The van der Waals surface area contributed by atoms with Crippen molar-refractivity contribution in [2.24, 2.45) is 0 Å². The summed E-state index contributed by atoms with van der Waals surface area (Å²) in [7, 11) is 0. The van der Waals surface area contributed by atoms with Crippen molar-refractivity contribution in [3.05, 3.63) is 101 Å². The third kappa shape index (κ3) is 5.17. The Morgan fingerprint density at radius 1 is 0.938 bits per heavy atom. The second kappa shape index (κ2) is 10.4. The molecule has 0 aliphatic carbocycles. The Morgan fingerprint density at radius 3 is 2.53 bits per heavy atom. The normalized spacial score (nSPS) is 11.1. The van der Waals surface area contributed by atoms with Crippen molar-refractivity contribution in [3.63, 3.8) is 0 Å². The number of halogens is 2. The molecule has 4 aromatic rings. The third-order valence-corrected chi connectivity index (χ3v) is 5.86. The Kier molecular flexibility index (Phi) is 7.17. The molecule has 1 amide bonds. The summed E-state index contributed by atoms with van der Waals surface area (Å²) in [6.07, 6.45) is 3.54. The average Bonchev–Trinajstić information content (AvgIpc) is 3.16. The van der Waals surface area contributed by atoms with E-state index >= 15 is 0 Å². The number of nitrogens with one attached hydrogen (secondary N) is 1. The molecule has 1 N–H and O–H groups in total. The lowest BCUT2D eigenvalue weighted by Gasteiger charge is -2.12. The van der Waals surface area contributed by atoms with E-state index in [9.17, 15) is 9.18 Å². The number of fused-ring (bicyclic) bond motifs is 1.